The van der Waals surface area contributed by atoms with Crippen molar-refractivity contribution in [1.82, 2.24) is 19.9 Å². The second-order valence-electron chi connectivity index (χ2n) is 21.1. The molecule has 19 nitrogen and oxygen atoms in total. The van der Waals surface area contributed by atoms with Crippen LogP contribution < -0.4 is 20.9 Å². The van der Waals surface area contributed by atoms with Crippen molar-refractivity contribution in [1.29, 1.82) is 0 Å². The van der Waals surface area contributed by atoms with Gasteiger partial charge in [-0.3, -0.25) is 23.9 Å². The number of nitrogens with zero attached hydrogens (tertiary/aromatic N) is 4. The Bertz CT molecular complexity index is 3850. The molecule has 4 aromatic carbocycles. The number of hydrogen-bond acceptors (Lipinski definition) is 16. The van der Waals surface area contributed by atoms with Crippen LogP contribution in [0.5, 0.6) is 11.5 Å². The molecule has 0 amide bonds. The fourth-order valence-electron chi connectivity index (χ4n) is 9.67. The van der Waals surface area contributed by atoms with E-state index in [1.54, 1.807) is 13.1 Å². The van der Waals surface area contributed by atoms with Crippen molar-refractivity contribution in [2.24, 2.45) is 0 Å². The molecule has 25 heteroatoms. The van der Waals surface area contributed by atoms with Crippen LogP contribution in [0.4, 0.5) is 29.2 Å². The second kappa shape index (κ2) is 30.8. The van der Waals surface area contributed by atoms with E-state index in [-0.39, 0.29) is 58.5 Å². The van der Waals surface area contributed by atoms with Gasteiger partial charge in [0.15, 0.2) is 11.6 Å². The number of nitrogens with two attached hydrogens (primary N) is 2. The van der Waals surface area contributed by atoms with Gasteiger partial charge in [-0.25, -0.2) is 9.97 Å². The van der Waals surface area contributed by atoms with E-state index >= 15 is 0 Å². The van der Waals surface area contributed by atoms with Crippen LogP contribution in [-0.4, -0.2) is 111 Å². The molecule has 8 rings (SSSR count). The fourth-order valence-corrected chi connectivity index (χ4v) is 11.5. The Morgan fingerprint density at radius 2 is 0.989 bits per heavy atom. The first-order chi connectivity index (χ1) is 41.8. The van der Waals surface area contributed by atoms with Crippen molar-refractivity contribution >= 4 is 82.2 Å². The van der Waals surface area contributed by atoms with Crippen LogP contribution in [0.2, 0.25) is 0 Å². The molecule has 0 spiro atoms. The predicted molar refractivity (Wildman–Crippen MR) is 330 cm³/mol. The number of carbonyl (C=O) groups is 2. The number of carboxylic acid groups (broad SMARTS) is 1. The molecule has 88 heavy (non-hydrogen) atoms. The number of ketones is 1. The number of alkyl halides is 4. The number of nitrogen functional groups attached to an aromatic ring is 2. The van der Waals surface area contributed by atoms with Crippen LogP contribution in [0.15, 0.2) is 97.3 Å². The van der Waals surface area contributed by atoms with Gasteiger partial charge in [0.05, 0.1) is 50.7 Å². The molecule has 4 heterocycles. The largest absolute Gasteiger partial charge is 0.491 e. The number of hydrogen-bond donors (Lipinski definition) is 5. The van der Waals surface area contributed by atoms with E-state index in [2.05, 4.69) is 32.1 Å². The average molecular weight is 1260 g/mol. The van der Waals surface area contributed by atoms with Crippen molar-refractivity contribution in [3.63, 3.8) is 0 Å². The third-order valence-electron chi connectivity index (χ3n) is 14.5. The molecule has 0 aliphatic rings. The summed E-state index contributed by atoms with van der Waals surface area (Å²) in [5, 5.41) is 12.7. The minimum Gasteiger partial charge on any atom is -0.491 e. The SMILES string of the molecule is CCOP(=O)(OCC)C(F)(F)CCOCCOc1ccc(CCc2cnc3c(N)nc4cc(CCC(C)=O)ccc4c3c2)c(C)c1.Cc1cc(OCCOCCC(F)(F)P(=O)(O)O)ccc1CCc1cnc2c(N)nc3cc(CCC(=O)O)ccc3c2c1. The summed E-state index contributed by atoms with van der Waals surface area (Å²) in [6.45, 7) is 7.78. The summed E-state index contributed by atoms with van der Waals surface area (Å²) in [6, 6.07) is 27.4. The summed E-state index contributed by atoms with van der Waals surface area (Å²) in [5.74, 6) is 1.22. The highest BCUT2D eigenvalue weighted by Gasteiger charge is 2.53. The van der Waals surface area contributed by atoms with E-state index in [4.69, 9.17) is 54.4 Å². The maximum atomic E-state index is 14.4. The van der Waals surface area contributed by atoms with Gasteiger partial charge in [-0.15, -0.1) is 0 Å². The highest BCUT2D eigenvalue weighted by Crippen LogP contribution is 2.63. The molecule has 0 saturated heterocycles. The monoisotopic (exact) mass is 1260 g/mol. The van der Waals surface area contributed by atoms with Gasteiger partial charge in [-0.2, -0.15) is 17.6 Å². The van der Waals surface area contributed by atoms with Gasteiger partial charge in [0.1, 0.15) is 41.5 Å². The molecule has 0 bridgehead atoms. The Hall–Kier alpha value is -7.20. The molecule has 0 aliphatic carbocycles. The number of rotatable bonds is 32. The van der Waals surface area contributed by atoms with Crippen LogP contribution in [0.25, 0.3) is 43.6 Å². The van der Waals surface area contributed by atoms with E-state index in [1.165, 1.54) is 13.8 Å². The number of pyridine rings is 4. The Morgan fingerprint density at radius 1 is 0.545 bits per heavy atom. The van der Waals surface area contributed by atoms with Gasteiger partial charge in [0.25, 0.3) is 0 Å². The van der Waals surface area contributed by atoms with Gasteiger partial charge < -0.3 is 59.2 Å². The topological polar surface area (TPSA) is 288 Å². The molecular formula is C63H74F4N6O13P2. The normalized spacial score (nSPS) is 12.2. The molecule has 472 valence electrons. The molecule has 0 saturated carbocycles. The summed E-state index contributed by atoms with van der Waals surface area (Å²) in [4.78, 5) is 57.8. The van der Waals surface area contributed by atoms with Crippen molar-refractivity contribution in [2.45, 2.75) is 110 Å². The van der Waals surface area contributed by atoms with Gasteiger partial charge in [0, 0.05) is 59.6 Å². The van der Waals surface area contributed by atoms with E-state index < -0.39 is 51.9 Å². The molecule has 0 aliphatic heterocycles. The summed E-state index contributed by atoms with van der Waals surface area (Å²) in [5.41, 5.74) is 15.8. The first-order valence-corrected chi connectivity index (χ1v) is 31.9. The van der Waals surface area contributed by atoms with Crippen molar-refractivity contribution < 1.29 is 79.2 Å². The number of aromatic nitrogens is 4. The van der Waals surface area contributed by atoms with E-state index in [9.17, 15) is 36.3 Å². The maximum Gasteiger partial charge on any atom is 0.399 e. The quantitative estimate of drug-likeness (QED) is 0.0113. The Kier molecular flexibility index (Phi) is 23.9. The minimum atomic E-state index is -5.51. The molecule has 0 atom stereocenters. The van der Waals surface area contributed by atoms with Crippen molar-refractivity contribution in [3.8, 4) is 11.5 Å². The highest BCUT2D eigenvalue weighted by atomic mass is 31.2. The summed E-state index contributed by atoms with van der Waals surface area (Å²) in [6.07, 6.45) is 6.38. The summed E-state index contributed by atoms with van der Waals surface area (Å²) < 4.78 is 110. The van der Waals surface area contributed by atoms with Gasteiger partial charge in [-0.05, 0) is 166 Å². The zero-order valence-corrected chi connectivity index (χ0v) is 51.5. The lowest BCUT2D eigenvalue weighted by Gasteiger charge is -2.25. The number of carboxylic acids is 1. The molecule has 8 aromatic rings. The van der Waals surface area contributed by atoms with Gasteiger partial charge >= 0.3 is 32.5 Å². The standard InChI is InChI=1S/C34H42F2N3O6P.C29H32F2N3O7P/c1-5-44-46(41,45-6-2)34(35,36)15-16-42-17-18-43-28-13-12-27(23(3)19-28)11-9-26-20-30-29-14-10-25(8-7-24(4)40)21-31(29)39-33(37)32(30)38-22-26;1-18-14-22(41-13-12-40-11-10-29(30,31)42(37,38)39)7-6-21(18)5-2-20-15-24-23-8-3-19(4-9-26(35)36)16-25(23)34-28(32)27(24)33-17-20/h10,12-14,19-22H,5-9,11,15-18H2,1-4H3,(H2,37,39);3,6-8,14-17H,2,4-5,9-13H2,1H3,(H2,32,34)(H,35,36)(H2,37,38,39). The zero-order chi connectivity index (χ0) is 63.8. The maximum absolute atomic E-state index is 14.4. The van der Waals surface area contributed by atoms with Crippen LogP contribution in [0.1, 0.15) is 91.0 Å². The first-order valence-electron chi connectivity index (χ1n) is 28.8. The third-order valence-corrected chi connectivity index (χ3v) is 17.8. The third kappa shape index (κ3) is 18.4. The van der Waals surface area contributed by atoms with Crippen LogP contribution in [0, 0.1) is 13.8 Å². The second-order valence-corrected chi connectivity index (χ2v) is 25.0. The van der Waals surface area contributed by atoms with E-state index in [0.29, 0.717) is 58.9 Å². The molecule has 0 radical (unpaired) electrons. The lowest BCUT2D eigenvalue weighted by atomic mass is 9.99. The average Bonchev–Trinajstić information content (AvgIpc) is 1.02. The Labute approximate surface area is 507 Å². The number of ether oxygens (including phenoxy) is 4. The van der Waals surface area contributed by atoms with E-state index in [0.717, 1.165) is 97.3 Å². The molecular weight excluding hydrogens is 1190 g/mol. The Balaban J connectivity index is 0.000000252. The lowest BCUT2D eigenvalue weighted by molar-refractivity contribution is -0.137. The van der Waals surface area contributed by atoms with E-state index in [1.807, 2.05) is 92.8 Å². The number of carbonyl (C=O) groups excluding carboxylic acids is 1. The van der Waals surface area contributed by atoms with Crippen LogP contribution in [-0.2, 0) is 75.8 Å². The van der Waals surface area contributed by atoms with Gasteiger partial charge in [-0.1, -0.05) is 36.4 Å². The number of anilines is 2. The smallest absolute Gasteiger partial charge is 0.399 e. The first kappa shape index (κ1) is 68.3. The molecule has 4 aromatic heterocycles. The predicted octanol–water partition coefficient (Wildman–Crippen LogP) is 12.7. The lowest BCUT2D eigenvalue weighted by Crippen LogP contribution is -2.23. The number of benzene rings is 4. The number of aliphatic carboxylic acids is 1. The molecule has 7 N–H and O–H groups in total. The van der Waals surface area contributed by atoms with Crippen molar-refractivity contribution in [2.75, 3.05) is 64.3 Å². The van der Waals surface area contributed by atoms with Crippen LogP contribution >= 0.6 is 15.2 Å². The molecule has 0 unspecified atom stereocenters. The molecule has 0 fully saturated rings. The highest BCUT2D eigenvalue weighted by molar-refractivity contribution is 7.55. The zero-order valence-electron chi connectivity index (χ0n) is 49.7. The fraction of sp³-hybridized carbons (Fsp3) is 0.397. The summed E-state index contributed by atoms with van der Waals surface area (Å²) in [7, 11) is -10.1. The summed E-state index contributed by atoms with van der Waals surface area (Å²) >= 11 is 0. The van der Waals surface area contributed by atoms with Crippen molar-refractivity contribution in [3.05, 3.63) is 142 Å². The Morgan fingerprint density at radius 3 is 1.40 bits per heavy atom. The minimum absolute atomic E-state index is 0.00857. The number of aryl methyl sites for hydroxylation is 8. The number of fused-ring (bicyclic) bond motifs is 6. The van der Waals surface area contributed by atoms with Gasteiger partial charge in [0.2, 0.25) is 0 Å². The number of Topliss-reactive ketones (excluding diaryl/α,β-unsaturated/α-hetero) is 1. The van der Waals surface area contributed by atoms with Crippen LogP contribution in [0.3, 0.4) is 0 Å². The number of halogens is 4.